The number of nitrogens with zero attached hydrogens (tertiary/aromatic N) is 4. The molecule has 0 bridgehead atoms. The molecule has 4 aromatic rings. The smallest absolute Gasteiger partial charge is 0.255 e. The van der Waals surface area contributed by atoms with Crippen molar-refractivity contribution in [3.05, 3.63) is 89.5 Å². The average Bonchev–Trinajstić information content (AvgIpc) is 3.78. The summed E-state index contributed by atoms with van der Waals surface area (Å²) in [7, 11) is 0. The van der Waals surface area contributed by atoms with Crippen LogP contribution in [0.25, 0.3) is 11.3 Å². The van der Waals surface area contributed by atoms with Gasteiger partial charge in [0.25, 0.3) is 11.8 Å². The fourth-order valence-electron chi connectivity index (χ4n) is 8.60. The van der Waals surface area contributed by atoms with Crippen LogP contribution in [0.5, 0.6) is 11.5 Å². The Hall–Kier alpha value is -5.63. The summed E-state index contributed by atoms with van der Waals surface area (Å²) < 4.78 is 7.92. The third kappa shape index (κ3) is 8.13. The van der Waals surface area contributed by atoms with Crippen molar-refractivity contribution in [2.45, 2.75) is 81.3 Å². The van der Waals surface area contributed by atoms with Gasteiger partial charge >= 0.3 is 0 Å². The molecule has 1 aromatic heterocycles. The quantitative estimate of drug-likeness (QED) is 0.0818. The largest absolute Gasteiger partial charge is 0.457 e. The van der Waals surface area contributed by atoms with Crippen LogP contribution >= 0.6 is 11.8 Å². The van der Waals surface area contributed by atoms with Crippen LogP contribution in [-0.2, 0) is 20.9 Å². The summed E-state index contributed by atoms with van der Waals surface area (Å²) in [5.41, 5.74) is 9.24. The maximum absolute atomic E-state index is 13.3. The number of para-hydroxylation sites is 1. The first kappa shape index (κ1) is 38.3. The normalized spacial score (nSPS) is 19.5. The van der Waals surface area contributed by atoms with Gasteiger partial charge in [0.1, 0.15) is 34.6 Å². The molecule has 2 saturated heterocycles. The number of hydrogen-bond donors (Lipinski definition) is 3. The maximum Gasteiger partial charge on any atom is 0.255 e. The summed E-state index contributed by atoms with van der Waals surface area (Å²) in [5.74, 6) is 2.06. The van der Waals surface area contributed by atoms with Crippen molar-refractivity contribution < 1.29 is 28.7 Å². The molecular formula is C43H47N7O6S. The Morgan fingerprint density at radius 3 is 2.40 bits per heavy atom. The molecule has 4 aliphatic heterocycles. The lowest BCUT2D eigenvalue weighted by molar-refractivity contribution is -0.137. The van der Waals surface area contributed by atoms with Gasteiger partial charge in [0.15, 0.2) is 0 Å². The summed E-state index contributed by atoms with van der Waals surface area (Å²) >= 11 is 1.71. The number of nitrogens with two attached hydrogens (primary N) is 1. The van der Waals surface area contributed by atoms with Gasteiger partial charge in [-0.15, -0.1) is 11.8 Å². The summed E-state index contributed by atoms with van der Waals surface area (Å²) in [4.78, 5) is 67.9. The number of carbonyl (C=O) groups excluding carboxylic acids is 5. The van der Waals surface area contributed by atoms with E-state index in [2.05, 4.69) is 10.6 Å². The number of nitrogens with one attached hydrogen (secondary N) is 2. The van der Waals surface area contributed by atoms with E-state index in [0.29, 0.717) is 73.3 Å². The minimum Gasteiger partial charge on any atom is -0.457 e. The Labute approximate surface area is 335 Å². The van der Waals surface area contributed by atoms with E-state index in [9.17, 15) is 24.0 Å². The van der Waals surface area contributed by atoms with Crippen molar-refractivity contribution in [1.82, 2.24) is 24.9 Å². The zero-order chi connectivity index (χ0) is 39.5. The highest BCUT2D eigenvalue weighted by Crippen LogP contribution is 2.41. The van der Waals surface area contributed by atoms with Crippen LogP contribution in [-0.4, -0.2) is 80.5 Å². The van der Waals surface area contributed by atoms with Gasteiger partial charge < -0.3 is 25.6 Å². The number of primary amides is 1. The highest BCUT2D eigenvalue weighted by molar-refractivity contribution is 7.99. The summed E-state index contributed by atoms with van der Waals surface area (Å²) in [6.45, 7) is 2.48. The monoisotopic (exact) mass is 789 g/mol. The van der Waals surface area contributed by atoms with E-state index in [1.54, 1.807) is 16.7 Å². The number of carbonyl (C=O) groups is 5. The predicted molar refractivity (Wildman–Crippen MR) is 216 cm³/mol. The van der Waals surface area contributed by atoms with Crippen LogP contribution in [0, 0.1) is 5.92 Å². The second-order valence-electron chi connectivity index (χ2n) is 15.2. The summed E-state index contributed by atoms with van der Waals surface area (Å²) in [6, 6.07) is 22.3. The van der Waals surface area contributed by atoms with Gasteiger partial charge in [-0.25, -0.2) is 4.68 Å². The fourth-order valence-corrected chi connectivity index (χ4v) is 9.69. The molecule has 4 N–H and O–H groups in total. The standard InChI is InChI=1S/C43H47N7O6S/c44-40(53)38-39(28-13-15-30(16-14-28)56-29-8-3-1-4-9-29)47-50-33(19-22-45-41(38)50)27-20-23-48(24-21-27)37(52)12-5-2-6-25-57-35-11-7-10-31-32(35)26-49(43(31)55)34-17-18-36(51)46-42(34)54/h1,3-4,7-11,13-16,27,33-34,45H,2,5-6,12,17-26H2,(H2,44,53)(H,46,51,54). The number of thioether (sulfide) groups is 1. The molecule has 0 spiro atoms. The third-order valence-corrected chi connectivity index (χ3v) is 12.8. The fraction of sp³-hybridized carbons (Fsp3) is 0.395. The molecule has 4 aliphatic rings. The van der Waals surface area contributed by atoms with Gasteiger partial charge in [-0.1, -0.05) is 30.7 Å². The van der Waals surface area contributed by atoms with Gasteiger partial charge in [0.2, 0.25) is 17.7 Å². The van der Waals surface area contributed by atoms with E-state index in [1.807, 2.05) is 82.4 Å². The molecule has 2 atom stereocenters. The van der Waals surface area contributed by atoms with E-state index in [-0.39, 0.29) is 30.2 Å². The van der Waals surface area contributed by atoms with E-state index < -0.39 is 17.9 Å². The lowest BCUT2D eigenvalue weighted by Gasteiger charge is -2.38. The Morgan fingerprint density at radius 2 is 1.65 bits per heavy atom. The van der Waals surface area contributed by atoms with E-state index in [1.165, 1.54) is 0 Å². The first-order valence-electron chi connectivity index (χ1n) is 19.9. The minimum absolute atomic E-state index is 0.0907. The minimum atomic E-state index is -0.626. The van der Waals surface area contributed by atoms with Gasteiger partial charge in [0.05, 0.1) is 6.04 Å². The molecule has 2 fully saturated rings. The molecule has 14 heteroatoms. The number of hydrogen-bond acceptors (Lipinski definition) is 9. The lowest BCUT2D eigenvalue weighted by Crippen LogP contribution is -2.52. The van der Waals surface area contributed by atoms with Crippen molar-refractivity contribution in [3.8, 4) is 22.8 Å². The van der Waals surface area contributed by atoms with Crippen LogP contribution in [0.3, 0.4) is 0 Å². The second kappa shape index (κ2) is 16.8. The third-order valence-electron chi connectivity index (χ3n) is 11.6. The average molecular weight is 790 g/mol. The summed E-state index contributed by atoms with van der Waals surface area (Å²) in [6.07, 6.45) is 6.38. The lowest BCUT2D eigenvalue weighted by atomic mass is 9.86. The van der Waals surface area contributed by atoms with Crippen molar-refractivity contribution in [2.24, 2.45) is 11.7 Å². The number of rotatable bonds is 13. The molecule has 0 aliphatic carbocycles. The van der Waals surface area contributed by atoms with Crippen molar-refractivity contribution in [2.75, 3.05) is 30.7 Å². The van der Waals surface area contributed by atoms with Crippen molar-refractivity contribution in [3.63, 3.8) is 0 Å². The first-order valence-corrected chi connectivity index (χ1v) is 20.9. The summed E-state index contributed by atoms with van der Waals surface area (Å²) in [5, 5.41) is 10.7. The molecule has 57 heavy (non-hydrogen) atoms. The number of anilines is 1. The zero-order valence-corrected chi connectivity index (χ0v) is 32.6. The number of ether oxygens (including phenoxy) is 1. The van der Waals surface area contributed by atoms with Gasteiger partial charge in [0, 0.05) is 55.0 Å². The van der Waals surface area contributed by atoms with Crippen LogP contribution < -0.4 is 21.1 Å². The number of amides is 5. The highest BCUT2D eigenvalue weighted by Gasteiger charge is 2.40. The van der Waals surface area contributed by atoms with Crippen LogP contribution in [0.4, 0.5) is 5.82 Å². The molecule has 2 unspecified atom stereocenters. The molecule has 5 heterocycles. The number of benzene rings is 3. The van der Waals surface area contributed by atoms with Crippen LogP contribution in [0.2, 0.25) is 0 Å². The number of imide groups is 1. The van der Waals surface area contributed by atoms with Gasteiger partial charge in [-0.2, -0.15) is 5.10 Å². The SMILES string of the molecule is NC(=O)c1c(-c2ccc(Oc3ccccc3)cc2)nn2c1NCCC2C1CCN(C(=O)CCCCCSc2cccc3c2CN(C2CCC(=O)NC2=O)C3=O)CC1. The highest BCUT2D eigenvalue weighted by atomic mass is 32.2. The number of likely N-dealkylation sites (tertiary alicyclic amines) is 1. The second-order valence-corrected chi connectivity index (χ2v) is 16.3. The van der Waals surface area contributed by atoms with Gasteiger partial charge in [-0.3, -0.25) is 29.3 Å². The van der Waals surface area contributed by atoms with Crippen LogP contribution in [0.15, 0.2) is 77.7 Å². The first-order chi connectivity index (χ1) is 27.7. The number of unbranched alkanes of at least 4 members (excludes halogenated alkanes) is 2. The molecule has 13 nitrogen and oxygen atoms in total. The molecule has 8 rings (SSSR count). The number of aromatic nitrogens is 2. The predicted octanol–water partition coefficient (Wildman–Crippen LogP) is 6.15. The maximum atomic E-state index is 13.3. The Balaban J connectivity index is 0.803. The van der Waals surface area contributed by atoms with Gasteiger partial charge in [-0.05, 0) is 104 Å². The molecule has 3 aromatic carbocycles. The molecule has 0 saturated carbocycles. The Morgan fingerprint density at radius 1 is 0.877 bits per heavy atom. The van der Waals surface area contributed by atoms with E-state index in [4.69, 9.17) is 15.6 Å². The zero-order valence-electron chi connectivity index (χ0n) is 31.8. The number of fused-ring (bicyclic) bond motifs is 2. The Bertz CT molecular complexity index is 2170. The molecule has 296 valence electrons. The van der Waals surface area contributed by atoms with E-state index >= 15 is 0 Å². The topological polar surface area (TPSA) is 169 Å². The van der Waals surface area contributed by atoms with E-state index in [0.717, 1.165) is 66.0 Å². The van der Waals surface area contributed by atoms with Crippen molar-refractivity contribution >= 4 is 47.1 Å². The van der Waals surface area contributed by atoms with Crippen molar-refractivity contribution in [1.29, 1.82) is 0 Å². The van der Waals surface area contributed by atoms with Crippen LogP contribution in [0.1, 0.15) is 90.1 Å². The molecule has 0 radical (unpaired) electrons. The Kier molecular flexibility index (Phi) is 11.3. The number of piperidine rings is 2. The molecular weight excluding hydrogens is 743 g/mol. The molecule has 5 amide bonds.